The third kappa shape index (κ3) is 2.78. The van der Waals surface area contributed by atoms with Gasteiger partial charge in [-0.3, -0.25) is 9.59 Å². The molecule has 2 aromatic carbocycles. The standard InChI is InChI=1S/C18H17NO3/c20-15-11-16(17(21)13-7-3-1-4-8-13)19(12-15)18(22)14-9-5-2-6-10-14/h1-10,15-16,20H,11-12H2/t15-,16-/m0/s1. The molecule has 1 saturated heterocycles. The Bertz CT molecular complexity index is 610. The van der Waals surface area contributed by atoms with Crippen LogP contribution in [-0.2, 0) is 0 Å². The Kier molecular flexibility index (Phi) is 4.02. The second-order valence-electron chi connectivity index (χ2n) is 5.46. The minimum atomic E-state index is -0.662. The number of nitrogens with zero attached hydrogens (tertiary/aromatic N) is 1. The number of aliphatic hydroxyl groups is 1. The summed E-state index contributed by atoms with van der Waals surface area (Å²) in [5.74, 6) is -0.340. The molecule has 1 N–H and O–H groups in total. The molecule has 2 aromatic rings. The predicted molar refractivity (Wildman–Crippen MR) is 82.7 cm³/mol. The quantitative estimate of drug-likeness (QED) is 0.883. The number of rotatable bonds is 3. The monoisotopic (exact) mass is 295 g/mol. The van der Waals surface area contributed by atoms with Gasteiger partial charge in [0.2, 0.25) is 0 Å². The van der Waals surface area contributed by atoms with E-state index in [1.165, 1.54) is 4.90 Å². The van der Waals surface area contributed by atoms with Crippen molar-refractivity contribution in [3.8, 4) is 0 Å². The summed E-state index contributed by atoms with van der Waals surface area (Å²) in [5.41, 5.74) is 1.09. The number of Topliss-reactive ketones (excluding diaryl/α,β-unsaturated/α-hetero) is 1. The zero-order chi connectivity index (χ0) is 15.5. The molecule has 1 aliphatic heterocycles. The summed E-state index contributed by atoms with van der Waals surface area (Å²) in [6, 6.07) is 17.1. The van der Waals surface area contributed by atoms with Gasteiger partial charge in [-0.1, -0.05) is 48.5 Å². The van der Waals surface area contributed by atoms with Crippen LogP contribution >= 0.6 is 0 Å². The van der Waals surface area contributed by atoms with E-state index >= 15 is 0 Å². The summed E-state index contributed by atoms with van der Waals surface area (Å²) in [7, 11) is 0. The molecule has 0 radical (unpaired) electrons. The third-order valence-electron chi connectivity index (χ3n) is 3.92. The van der Waals surface area contributed by atoms with Gasteiger partial charge >= 0.3 is 0 Å². The summed E-state index contributed by atoms with van der Waals surface area (Å²) in [6.45, 7) is 0.191. The maximum absolute atomic E-state index is 12.6. The van der Waals surface area contributed by atoms with E-state index in [-0.39, 0.29) is 24.7 Å². The summed E-state index contributed by atoms with van der Waals surface area (Å²) in [4.78, 5) is 26.7. The van der Waals surface area contributed by atoms with E-state index < -0.39 is 12.1 Å². The number of aliphatic hydroxyl groups excluding tert-OH is 1. The van der Waals surface area contributed by atoms with Gasteiger partial charge in [0.1, 0.15) is 0 Å². The normalized spacial score (nSPS) is 20.9. The minimum absolute atomic E-state index is 0.124. The second kappa shape index (κ2) is 6.12. The Balaban J connectivity index is 1.87. The van der Waals surface area contributed by atoms with Crippen LogP contribution in [0.5, 0.6) is 0 Å². The van der Waals surface area contributed by atoms with E-state index in [1.807, 2.05) is 12.1 Å². The highest BCUT2D eigenvalue weighted by atomic mass is 16.3. The maximum atomic E-state index is 12.6. The fourth-order valence-electron chi connectivity index (χ4n) is 2.83. The molecule has 4 heteroatoms. The summed E-state index contributed by atoms with van der Waals surface area (Å²) in [5, 5.41) is 9.92. The lowest BCUT2D eigenvalue weighted by Gasteiger charge is -2.23. The van der Waals surface area contributed by atoms with Crippen LogP contribution < -0.4 is 0 Å². The van der Waals surface area contributed by atoms with Gasteiger partial charge in [0.25, 0.3) is 5.91 Å². The van der Waals surface area contributed by atoms with Crippen LogP contribution in [0.2, 0.25) is 0 Å². The molecule has 0 spiro atoms. The van der Waals surface area contributed by atoms with E-state index in [1.54, 1.807) is 48.5 Å². The fourth-order valence-corrected chi connectivity index (χ4v) is 2.83. The molecule has 22 heavy (non-hydrogen) atoms. The van der Waals surface area contributed by atoms with Crippen LogP contribution in [-0.4, -0.2) is 40.4 Å². The van der Waals surface area contributed by atoms with Gasteiger partial charge < -0.3 is 10.0 Å². The van der Waals surface area contributed by atoms with Crippen molar-refractivity contribution in [2.45, 2.75) is 18.6 Å². The van der Waals surface area contributed by atoms with Crippen LogP contribution in [0, 0.1) is 0 Å². The first-order chi connectivity index (χ1) is 10.7. The molecule has 0 aliphatic carbocycles. The lowest BCUT2D eigenvalue weighted by atomic mass is 10.0. The molecule has 0 bridgehead atoms. The van der Waals surface area contributed by atoms with Crippen LogP contribution in [0.25, 0.3) is 0 Å². The van der Waals surface area contributed by atoms with Crippen molar-refractivity contribution in [2.75, 3.05) is 6.54 Å². The first-order valence-electron chi connectivity index (χ1n) is 7.30. The van der Waals surface area contributed by atoms with Gasteiger partial charge in [-0.05, 0) is 12.1 Å². The highest BCUT2D eigenvalue weighted by Gasteiger charge is 2.39. The van der Waals surface area contributed by atoms with Crippen LogP contribution in [0.4, 0.5) is 0 Å². The van der Waals surface area contributed by atoms with Crippen molar-refractivity contribution >= 4 is 11.7 Å². The lowest BCUT2D eigenvalue weighted by molar-refractivity contribution is 0.0662. The van der Waals surface area contributed by atoms with Gasteiger partial charge in [0, 0.05) is 24.1 Å². The van der Waals surface area contributed by atoms with Gasteiger partial charge in [0.15, 0.2) is 5.78 Å². The SMILES string of the molecule is O=C(c1ccccc1)[C@@H]1C[C@H](O)CN1C(=O)c1ccccc1. The van der Waals surface area contributed by atoms with E-state index in [9.17, 15) is 14.7 Å². The average Bonchev–Trinajstić information content (AvgIpc) is 2.97. The Morgan fingerprint density at radius 2 is 1.45 bits per heavy atom. The third-order valence-corrected chi connectivity index (χ3v) is 3.92. The van der Waals surface area contributed by atoms with Crippen molar-refractivity contribution in [2.24, 2.45) is 0 Å². The molecule has 4 nitrogen and oxygen atoms in total. The van der Waals surface area contributed by atoms with E-state index in [2.05, 4.69) is 0 Å². The summed E-state index contributed by atoms with van der Waals surface area (Å²) >= 11 is 0. The van der Waals surface area contributed by atoms with Gasteiger partial charge in [-0.2, -0.15) is 0 Å². The smallest absolute Gasteiger partial charge is 0.254 e. The fraction of sp³-hybridized carbons (Fsp3) is 0.222. The largest absolute Gasteiger partial charge is 0.391 e. The van der Waals surface area contributed by atoms with Crippen LogP contribution in [0.1, 0.15) is 27.1 Å². The van der Waals surface area contributed by atoms with Gasteiger partial charge in [-0.15, -0.1) is 0 Å². The number of ketones is 1. The average molecular weight is 295 g/mol. The number of hydrogen-bond donors (Lipinski definition) is 1. The molecule has 1 aliphatic rings. The molecule has 1 fully saturated rings. The number of hydrogen-bond acceptors (Lipinski definition) is 3. The predicted octanol–water partition coefficient (Wildman–Crippen LogP) is 2.14. The molecule has 0 saturated carbocycles. The van der Waals surface area contributed by atoms with Crippen molar-refractivity contribution in [3.05, 3.63) is 71.8 Å². The number of β-amino-alcohol motifs (C(OH)–C–C–N with tert-alkyl or cyclic N) is 1. The van der Waals surface area contributed by atoms with Crippen LogP contribution in [0.15, 0.2) is 60.7 Å². The number of carbonyl (C=O) groups is 2. The van der Waals surface area contributed by atoms with Gasteiger partial charge in [-0.25, -0.2) is 0 Å². The Morgan fingerprint density at radius 3 is 2.05 bits per heavy atom. The molecular formula is C18H17NO3. The summed E-state index contributed by atoms with van der Waals surface area (Å²) < 4.78 is 0. The van der Waals surface area contributed by atoms with Crippen molar-refractivity contribution in [1.82, 2.24) is 4.90 Å². The maximum Gasteiger partial charge on any atom is 0.254 e. The van der Waals surface area contributed by atoms with Gasteiger partial charge in [0.05, 0.1) is 12.1 Å². The number of amides is 1. The topological polar surface area (TPSA) is 57.6 Å². The van der Waals surface area contributed by atoms with Crippen LogP contribution in [0.3, 0.4) is 0 Å². The highest BCUT2D eigenvalue weighted by Crippen LogP contribution is 2.24. The van der Waals surface area contributed by atoms with Crippen molar-refractivity contribution < 1.29 is 14.7 Å². The molecule has 0 aromatic heterocycles. The van der Waals surface area contributed by atoms with E-state index in [0.29, 0.717) is 11.1 Å². The number of likely N-dealkylation sites (tertiary alicyclic amines) is 1. The first-order valence-corrected chi connectivity index (χ1v) is 7.30. The lowest BCUT2D eigenvalue weighted by Crippen LogP contribution is -2.40. The molecule has 3 rings (SSSR count). The molecule has 1 heterocycles. The Labute approximate surface area is 129 Å². The van der Waals surface area contributed by atoms with Crippen molar-refractivity contribution in [3.63, 3.8) is 0 Å². The molecule has 2 atom stereocenters. The molecule has 0 unspecified atom stereocenters. The zero-order valence-corrected chi connectivity index (χ0v) is 12.1. The zero-order valence-electron chi connectivity index (χ0n) is 12.1. The summed E-state index contributed by atoms with van der Waals surface area (Å²) in [6.07, 6.45) is -0.378. The minimum Gasteiger partial charge on any atom is -0.391 e. The Morgan fingerprint density at radius 1 is 0.909 bits per heavy atom. The molecule has 1 amide bonds. The van der Waals surface area contributed by atoms with E-state index in [0.717, 1.165) is 0 Å². The molecule has 112 valence electrons. The first kappa shape index (κ1) is 14.5. The van der Waals surface area contributed by atoms with Crippen molar-refractivity contribution in [1.29, 1.82) is 0 Å². The second-order valence-corrected chi connectivity index (χ2v) is 5.46. The number of carbonyl (C=O) groups excluding carboxylic acids is 2. The highest BCUT2D eigenvalue weighted by molar-refractivity contribution is 6.04. The Hall–Kier alpha value is -2.46. The van der Waals surface area contributed by atoms with E-state index in [4.69, 9.17) is 0 Å². The number of benzene rings is 2. The molecular weight excluding hydrogens is 278 g/mol.